The van der Waals surface area contributed by atoms with Crippen molar-refractivity contribution >= 4 is 5.91 Å². The molecule has 0 heterocycles. The van der Waals surface area contributed by atoms with Crippen molar-refractivity contribution in [2.45, 2.75) is 18.8 Å². The van der Waals surface area contributed by atoms with Crippen LogP contribution in [0.3, 0.4) is 0 Å². The van der Waals surface area contributed by atoms with Gasteiger partial charge in [0.05, 0.1) is 0 Å². The van der Waals surface area contributed by atoms with Gasteiger partial charge in [0.25, 0.3) is 0 Å². The molecule has 0 saturated heterocycles. The monoisotopic (exact) mass is 149 g/mol. The summed E-state index contributed by atoms with van der Waals surface area (Å²) in [7, 11) is 1.46. The molecular weight excluding hydrogens is 140 g/mol. The van der Waals surface area contributed by atoms with E-state index in [0.29, 0.717) is 0 Å². The number of carbonyl (C=O) groups is 1. The largest absolute Gasteiger partial charge is 0.359 e. The summed E-state index contributed by atoms with van der Waals surface area (Å²) in [5.74, 6) is -3.32. The van der Waals surface area contributed by atoms with Crippen LogP contribution in [0.2, 0.25) is 0 Å². The smallest absolute Gasteiger partial charge is 0.249 e. The van der Waals surface area contributed by atoms with E-state index in [2.05, 4.69) is 5.32 Å². The Hall–Kier alpha value is -0.670. The summed E-state index contributed by atoms with van der Waals surface area (Å²) in [5.41, 5.74) is 0. The molecule has 1 fully saturated rings. The van der Waals surface area contributed by atoms with E-state index in [1.54, 1.807) is 0 Å². The first-order valence-electron chi connectivity index (χ1n) is 3.14. The molecule has 0 radical (unpaired) electrons. The molecule has 1 rings (SSSR count). The third-order valence-electron chi connectivity index (χ3n) is 1.71. The Balaban J connectivity index is 2.33. The van der Waals surface area contributed by atoms with Crippen LogP contribution in [0.5, 0.6) is 0 Å². The number of halogens is 2. The van der Waals surface area contributed by atoms with Gasteiger partial charge < -0.3 is 5.32 Å². The highest BCUT2D eigenvalue weighted by atomic mass is 19.3. The fourth-order valence-electron chi connectivity index (χ4n) is 1.05. The molecule has 0 aromatic rings. The molecule has 1 saturated carbocycles. The predicted octanol–water partition coefficient (Wildman–Crippen LogP) is 0.778. The first-order valence-corrected chi connectivity index (χ1v) is 3.14. The maximum absolute atomic E-state index is 12.1. The van der Waals surface area contributed by atoms with E-state index in [-0.39, 0.29) is 18.7 Å². The number of rotatable bonds is 1. The average molecular weight is 149 g/mol. The lowest BCUT2D eigenvalue weighted by Gasteiger charge is -2.33. The van der Waals surface area contributed by atoms with E-state index < -0.39 is 11.8 Å². The van der Waals surface area contributed by atoms with Crippen LogP contribution in [-0.4, -0.2) is 18.9 Å². The van der Waals surface area contributed by atoms with Gasteiger partial charge in [0.2, 0.25) is 11.8 Å². The van der Waals surface area contributed by atoms with Crippen LogP contribution >= 0.6 is 0 Å². The molecule has 0 aliphatic heterocycles. The standard InChI is InChI=1S/C6H9F2NO/c1-9-5(10)4-2-6(7,8)3-4/h4H,2-3H2,1H3,(H,9,10). The predicted molar refractivity (Wildman–Crippen MR) is 31.7 cm³/mol. The minimum Gasteiger partial charge on any atom is -0.359 e. The fraction of sp³-hybridized carbons (Fsp3) is 0.833. The van der Waals surface area contributed by atoms with Gasteiger partial charge in [0, 0.05) is 25.8 Å². The van der Waals surface area contributed by atoms with Gasteiger partial charge in [-0.15, -0.1) is 0 Å². The zero-order chi connectivity index (χ0) is 7.78. The van der Waals surface area contributed by atoms with Crippen LogP contribution in [0.1, 0.15) is 12.8 Å². The van der Waals surface area contributed by atoms with Gasteiger partial charge in [0.1, 0.15) is 0 Å². The second kappa shape index (κ2) is 2.18. The lowest BCUT2D eigenvalue weighted by Crippen LogP contribution is -2.43. The van der Waals surface area contributed by atoms with Gasteiger partial charge >= 0.3 is 0 Å². The number of hydrogen-bond acceptors (Lipinski definition) is 1. The molecule has 2 nitrogen and oxygen atoms in total. The molecule has 1 amide bonds. The van der Waals surface area contributed by atoms with Crippen molar-refractivity contribution in [2.24, 2.45) is 5.92 Å². The Morgan fingerprint density at radius 1 is 1.60 bits per heavy atom. The van der Waals surface area contributed by atoms with Crippen LogP contribution in [0.25, 0.3) is 0 Å². The Morgan fingerprint density at radius 3 is 2.40 bits per heavy atom. The zero-order valence-electron chi connectivity index (χ0n) is 5.66. The second-order valence-corrected chi connectivity index (χ2v) is 2.58. The van der Waals surface area contributed by atoms with E-state index >= 15 is 0 Å². The minimum atomic E-state index is -2.59. The minimum absolute atomic E-state index is 0.272. The molecular formula is C6H9F2NO. The summed E-state index contributed by atoms with van der Waals surface area (Å²) < 4.78 is 24.2. The average Bonchev–Trinajstić information content (AvgIpc) is 1.81. The van der Waals surface area contributed by atoms with Crippen molar-refractivity contribution in [3.05, 3.63) is 0 Å². The van der Waals surface area contributed by atoms with Crippen LogP contribution in [0, 0.1) is 5.92 Å². The maximum atomic E-state index is 12.1. The van der Waals surface area contributed by atoms with Crippen LogP contribution in [0.4, 0.5) is 8.78 Å². The van der Waals surface area contributed by atoms with Crippen molar-refractivity contribution in [1.29, 1.82) is 0 Å². The molecule has 1 aliphatic rings. The molecule has 1 N–H and O–H groups in total. The van der Waals surface area contributed by atoms with E-state index in [1.165, 1.54) is 7.05 Å². The lowest BCUT2D eigenvalue weighted by molar-refractivity contribution is -0.149. The summed E-state index contributed by atoms with van der Waals surface area (Å²) in [6.07, 6.45) is -0.570. The van der Waals surface area contributed by atoms with Gasteiger partial charge in [-0.2, -0.15) is 0 Å². The van der Waals surface area contributed by atoms with Crippen molar-refractivity contribution in [3.63, 3.8) is 0 Å². The summed E-state index contributed by atoms with van der Waals surface area (Å²) in [5, 5.41) is 2.33. The fourth-order valence-corrected chi connectivity index (χ4v) is 1.05. The normalized spacial score (nSPS) is 23.5. The van der Waals surface area contributed by atoms with E-state index in [4.69, 9.17) is 0 Å². The molecule has 0 aromatic heterocycles. The quantitative estimate of drug-likeness (QED) is 0.586. The first-order chi connectivity index (χ1) is 4.55. The van der Waals surface area contributed by atoms with Crippen molar-refractivity contribution in [1.82, 2.24) is 5.32 Å². The van der Waals surface area contributed by atoms with Gasteiger partial charge in [-0.3, -0.25) is 4.79 Å². The van der Waals surface area contributed by atoms with Crippen LogP contribution in [0.15, 0.2) is 0 Å². The Labute approximate surface area is 57.6 Å². The Bertz CT molecular complexity index is 150. The van der Waals surface area contributed by atoms with E-state index in [0.717, 1.165) is 0 Å². The third-order valence-corrected chi connectivity index (χ3v) is 1.71. The molecule has 0 aromatic carbocycles. The summed E-state index contributed by atoms with van der Waals surface area (Å²) in [6.45, 7) is 0. The molecule has 10 heavy (non-hydrogen) atoms. The number of hydrogen-bond donors (Lipinski definition) is 1. The highest BCUT2D eigenvalue weighted by molar-refractivity contribution is 5.79. The summed E-state index contributed by atoms with van der Waals surface area (Å²) >= 11 is 0. The summed E-state index contributed by atoms with van der Waals surface area (Å²) in [6, 6.07) is 0. The number of alkyl halides is 2. The highest BCUT2D eigenvalue weighted by Crippen LogP contribution is 2.42. The molecule has 58 valence electrons. The van der Waals surface area contributed by atoms with Gasteiger partial charge in [-0.05, 0) is 0 Å². The van der Waals surface area contributed by atoms with Gasteiger partial charge in [0.15, 0.2) is 0 Å². The van der Waals surface area contributed by atoms with Crippen molar-refractivity contribution in [3.8, 4) is 0 Å². The highest BCUT2D eigenvalue weighted by Gasteiger charge is 2.48. The first kappa shape index (κ1) is 7.44. The Morgan fingerprint density at radius 2 is 2.10 bits per heavy atom. The molecule has 0 unspecified atom stereocenters. The molecule has 0 bridgehead atoms. The van der Waals surface area contributed by atoms with E-state index in [9.17, 15) is 13.6 Å². The van der Waals surface area contributed by atoms with Gasteiger partial charge in [-0.1, -0.05) is 0 Å². The number of carbonyl (C=O) groups excluding carboxylic acids is 1. The van der Waals surface area contributed by atoms with E-state index in [1.807, 2.05) is 0 Å². The zero-order valence-corrected chi connectivity index (χ0v) is 5.66. The molecule has 0 atom stereocenters. The lowest BCUT2D eigenvalue weighted by atomic mass is 9.81. The molecule has 0 spiro atoms. The second-order valence-electron chi connectivity index (χ2n) is 2.58. The Kier molecular flexibility index (Phi) is 1.62. The SMILES string of the molecule is CNC(=O)C1CC(F)(F)C1. The van der Waals surface area contributed by atoms with Gasteiger partial charge in [-0.25, -0.2) is 8.78 Å². The van der Waals surface area contributed by atoms with Crippen LogP contribution in [-0.2, 0) is 4.79 Å². The summed E-state index contributed by atoms with van der Waals surface area (Å²) in [4.78, 5) is 10.6. The number of amides is 1. The van der Waals surface area contributed by atoms with Crippen molar-refractivity contribution < 1.29 is 13.6 Å². The maximum Gasteiger partial charge on any atom is 0.249 e. The third kappa shape index (κ3) is 1.25. The molecule has 4 heteroatoms. The van der Waals surface area contributed by atoms with Crippen LogP contribution < -0.4 is 5.32 Å². The topological polar surface area (TPSA) is 29.1 Å². The molecule has 1 aliphatic carbocycles. The van der Waals surface area contributed by atoms with Crippen molar-refractivity contribution in [2.75, 3.05) is 7.05 Å². The number of nitrogens with one attached hydrogen (secondary N) is 1.